The highest BCUT2D eigenvalue weighted by atomic mass is 32.2. The summed E-state index contributed by atoms with van der Waals surface area (Å²) < 4.78 is 27.3. The molecule has 1 amide bonds. The molecule has 1 aromatic carbocycles. The van der Waals surface area contributed by atoms with Gasteiger partial charge in [0.15, 0.2) is 0 Å². The lowest BCUT2D eigenvalue weighted by molar-refractivity contribution is 0.0954. The standard InChI is InChI=1S/C21H29N3O3S2/c1-23(18-10-4-2-5-11-18)14-9-6-13-22-21(25)20-19(12-17-28-20)29(26,27)24-15-7-3-8-16-24/h2,4-5,10-12,17H,3,6-9,13-16H2,1H3,(H,22,25). The summed E-state index contributed by atoms with van der Waals surface area (Å²) in [5, 5.41) is 4.57. The van der Waals surface area contributed by atoms with Crippen molar-refractivity contribution in [3.05, 3.63) is 46.7 Å². The van der Waals surface area contributed by atoms with Crippen LogP contribution in [0, 0.1) is 0 Å². The fourth-order valence-electron chi connectivity index (χ4n) is 3.48. The monoisotopic (exact) mass is 435 g/mol. The van der Waals surface area contributed by atoms with Crippen molar-refractivity contribution in [1.29, 1.82) is 0 Å². The van der Waals surface area contributed by atoms with E-state index in [4.69, 9.17) is 0 Å². The summed E-state index contributed by atoms with van der Waals surface area (Å²) in [4.78, 5) is 15.2. The number of nitrogens with zero attached hydrogens (tertiary/aromatic N) is 2. The normalized spacial score (nSPS) is 15.2. The quantitative estimate of drug-likeness (QED) is 0.612. The van der Waals surface area contributed by atoms with Crippen molar-refractivity contribution < 1.29 is 13.2 Å². The third kappa shape index (κ3) is 5.58. The molecule has 3 rings (SSSR count). The van der Waals surface area contributed by atoms with E-state index in [0.717, 1.165) is 38.6 Å². The molecule has 6 nitrogen and oxygen atoms in total. The second kappa shape index (κ2) is 10.2. The van der Waals surface area contributed by atoms with Crippen LogP contribution in [-0.2, 0) is 10.0 Å². The number of thiophene rings is 1. The lowest BCUT2D eigenvalue weighted by Gasteiger charge is -2.25. The van der Waals surface area contributed by atoms with E-state index in [-0.39, 0.29) is 15.7 Å². The van der Waals surface area contributed by atoms with E-state index in [1.807, 2.05) is 18.2 Å². The molecule has 0 atom stereocenters. The van der Waals surface area contributed by atoms with Crippen LogP contribution < -0.4 is 10.2 Å². The van der Waals surface area contributed by atoms with E-state index >= 15 is 0 Å². The van der Waals surface area contributed by atoms with Crippen molar-refractivity contribution >= 4 is 33.0 Å². The lowest BCUT2D eigenvalue weighted by atomic mass is 10.2. The molecule has 0 saturated carbocycles. The first-order chi connectivity index (χ1) is 14.0. The number of unbranched alkanes of at least 4 members (excludes halogenated alkanes) is 1. The van der Waals surface area contributed by atoms with Crippen LogP contribution in [0.2, 0.25) is 0 Å². The van der Waals surface area contributed by atoms with Gasteiger partial charge in [-0.25, -0.2) is 8.42 Å². The number of rotatable bonds is 9. The molecule has 0 aliphatic carbocycles. The number of hydrogen-bond acceptors (Lipinski definition) is 5. The second-order valence-electron chi connectivity index (χ2n) is 7.30. The molecule has 1 fully saturated rings. The Kier molecular flexibility index (Phi) is 7.69. The number of nitrogens with one attached hydrogen (secondary N) is 1. The number of anilines is 1. The maximum Gasteiger partial charge on any atom is 0.262 e. The largest absolute Gasteiger partial charge is 0.375 e. The van der Waals surface area contributed by atoms with Gasteiger partial charge in [0.25, 0.3) is 5.91 Å². The molecule has 1 aliphatic rings. The van der Waals surface area contributed by atoms with Gasteiger partial charge in [0.05, 0.1) is 0 Å². The molecule has 0 spiro atoms. The Morgan fingerprint density at radius 2 is 1.83 bits per heavy atom. The molecule has 1 aromatic heterocycles. The van der Waals surface area contributed by atoms with E-state index in [1.54, 1.807) is 11.4 Å². The number of amides is 1. The van der Waals surface area contributed by atoms with Crippen molar-refractivity contribution in [3.63, 3.8) is 0 Å². The van der Waals surface area contributed by atoms with Gasteiger partial charge in [0.1, 0.15) is 9.77 Å². The van der Waals surface area contributed by atoms with E-state index in [9.17, 15) is 13.2 Å². The maximum absolute atomic E-state index is 12.9. The molecule has 0 radical (unpaired) electrons. The van der Waals surface area contributed by atoms with Crippen LogP contribution >= 0.6 is 11.3 Å². The third-order valence-corrected chi connectivity index (χ3v) is 8.15. The number of carbonyl (C=O) groups is 1. The molecule has 2 aromatic rings. The van der Waals surface area contributed by atoms with Gasteiger partial charge >= 0.3 is 0 Å². The molecule has 0 bridgehead atoms. The highest BCUT2D eigenvalue weighted by molar-refractivity contribution is 7.89. The summed E-state index contributed by atoms with van der Waals surface area (Å²) in [5.41, 5.74) is 1.17. The van der Waals surface area contributed by atoms with Crippen LogP contribution in [0.1, 0.15) is 41.8 Å². The number of hydrogen-bond donors (Lipinski definition) is 1. The number of carbonyl (C=O) groups excluding carboxylic acids is 1. The molecule has 0 unspecified atom stereocenters. The first-order valence-corrected chi connectivity index (χ1v) is 12.4. The van der Waals surface area contributed by atoms with E-state index in [1.165, 1.54) is 21.3 Å². The Hall–Kier alpha value is -1.90. The average Bonchev–Trinajstić information content (AvgIpc) is 3.25. The maximum atomic E-state index is 12.9. The van der Waals surface area contributed by atoms with E-state index < -0.39 is 10.0 Å². The minimum Gasteiger partial charge on any atom is -0.375 e. The zero-order valence-corrected chi connectivity index (χ0v) is 18.5. The number of piperidine rings is 1. The predicted octanol–water partition coefficient (Wildman–Crippen LogP) is 3.57. The van der Waals surface area contributed by atoms with E-state index in [0.29, 0.717) is 19.6 Å². The van der Waals surface area contributed by atoms with Crippen molar-refractivity contribution in [2.75, 3.05) is 38.1 Å². The SMILES string of the molecule is CN(CCCCNC(=O)c1sccc1S(=O)(=O)N1CCCCC1)c1ccccc1. The first-order valence-electron chi connectivity index (χ1n) is 10.1. The van der Waals surface area contributed by atoms with Crippen molar-refractivity contribution in [2.45, 2.75) is 37.0 Å². The topological polar surface area (TPSA) is 69.7 Å². The Labute approximate surface area is 177 Å². The Balaban J connectivity index is 1.49. The smallest absolute Gasteiger partial charge is 0.262 e. The molecular formula is C21H29N3O3S2. The first kappa shape index (κ1) is 21.8. The van der Waals surface area contributed by atoms with Gasteiger partial charge in [-0.15, -0.1) is 11.3 Å². The molecule has 2 heterocycles. The molecule has 158 valence electrons. The number of para-hydroxylation sites is 1. The summed E-state index contributed by atoms with van der Waals surface area (Å²) in [6.45, 7) is 2.50. The van der Waals surface area contributed by atoms with Gasteiger partial charge in [-0.2, -0.15) is 4.31 Å². The Morgan fingerprint density at radius 1 is 1.10 bits per heavy atom. The number of benzene rings is 1. The van der Waals surface area contributed by atoms with E-state index in [2.05, 4.69) is 29.4 Å². The second-order valence-corrected chi connectivity index (χ2v) is 10.1. The zero-order chi connectivity index (χ0) is 20.7. The zero-order valence-electron chi connectivity index (χ0n) is 16.8. The van der Waals surface area contributed by atoms with Crippen molar-refractivity contribution in [3.8, 4) is 0 Å². The van der Waals surface area contributed by atoms with Gasteiger partial charge < -0.3 is 10.2 Å². The molecule has 1 N–H and O–H groups in total. The van der Waals surface area contributed by atoms with Crippen LogP contribution in [0.25, 0.3) is 0 Å². The third-order valence-electron chi connectivity index (χ3n) is 5.17. The van der Waals surface area contributed by atoms with Gasteiger partial charge in [0, 0.05) is 38.9 Å². The lowest BCUT2D eigenvalue weighted by Crippen LogP contribution is -2.36. The summed E-state index contributed by atoms with van der Waals surface area (Å²) in [6.07, 6.45) is 4.59. The van der Waals surface area contributed by atoms with Crippen molar-refractivity contribution in [2.24, 2.45) is 0 Å². The highest BCUT2D eigenvalue weighted by Gasteiger charge is 2.30. The van der Waals surface area contributed by atoms with Gasteiger partial charge in [0.2, 0.25) is 10.0 Å². The van der Waals surface area contributed by atoms with Gasteiger partial charge in [-0.05, 0) is 49.3 Å². The minimum atomic E-state index is -3.60. The number of sulfonamides is 1. The van der Waals surface area contributed by atoms with Crippen LogP contribution in [0.4, 0.5) is 5.69 Å². The summed E-state index contributed by atoms with van der Waals surface area (Å²) in [5.74, 6) is -0.299. The molecule has 1 aliphatic heterocycles. The highest BCUT2D eigenvalue weighted by Crippen LogP contribution is 2.27. The predicted molar refractivity (Wildman–Crippen MR) is 118 cm³/mol. The van der Waals surface area contributed by atoms with Gasteiger partial charge in [-0.1, -0.05) is 24.6 Å². The fraction of sp³-hybridized carbons (Fsp3) is 0.476. The summed E-state index contributed by atoms with van der Waals surface area (Å²) in [6, 6.07) is 11.7. The molecule has 1 saturated heterocycles. The molecule has 29 heavy (non-hydrogen) atoms. The Morgan fingerprint density at radius 3 is 2.55 bits per heavy atom. The molecular weight excluding hydrogens is 406 g/mol. The summed E-state index contributed by atoms with van der Waals surface area (Å²) in [7, 11) is -1.54. The molecule has 8 heteroatoms. The Bertz CT molecular complexity index is 891. The summed E-state index contributed by atoms with van der Waals surface area (Å²) >= 11 is 1.19. The van der Waals surface area contributed by atoms with Gasteiger partial charge in [-0.3, -0.25) is 4.79 Å². The van der Waals surface area contributed by atoms with Crippen LogP contribution in [0.5, 0.6) is 0 Å². The van der Waals surface area contributed by atoms with Crippen LogP contribution in [0.3, 0.4) is 0 Å². The fourth-order valence-corrected chi connectivity index (χ4v) is 6.31. The van der Waals surface area contributed by atoms with Crippen molar-refractivity contribution in [1.82, 2.24) is 9.62 Å². The van der Waals surface area contributed by atoms with Crippen LogP contribution in [0.15, 0.2) is 46.7 Å². The van der Waals surface area contributed by atoms with Crippen LogP contribution in [-0.4, -0.2) is 51.9 Å². The average molecular weight is 436 g/mol. The minimum absolute atomic E-state index is 0.144.